The Morgan fingerprint density at radius 1 is 1.35 bits per heavy atom. The highest BCUT2D eigenvalue weighted by Gasteiger charge is 2.32. The summed E-state index contributed by atoms with van der Waals surface area (Å²) >= 11 is 0. The number of ether oxygens (including phenoxy) is 1. The number of anilines is 1. The molecule has 0 aliphatic carbocycles. The molecule has 0 radical (unpaired) electrons. The molecule has 1 aromatic carbocycles. The highest BCUT2D eigenvalue weighted by molar-refractivity contribution is 5.89. The number of hydrogen-bond acceptors (Lipinski definition) is 3. The Morgan fingerprint density at radius 3 is 2.70 bits per heavy atom. The van der Waals surface area contributed by atoms with E-state index in [1.54, 1.807) is 41.2 Å². The minimum Gasteiger partial charge on any atom is -0.441 e. The van der Waals surface area contributed by atoms with Crippen molar-refractivity contribution in [3.05, 3.63) is 48.5 Å². The molecule has 5 nitrogen and oxygen atoms in total. The van der Waals surface area contributed by atoms with Crippen LogP contribution in [0.25, 0.3) is 5.69 Å². The van der Waals surface area contributed by atoms with Gasteiger partial charge in [0.2, 0.25) is 0 Å². The summed E-state index contributed by atoms with van der Waals surface area (Å²) in [6.07, 6.45) is 2.35. The van der Waals surface area contributed by atoms with Crippen LogP contribution < -0.4 is 4.90 Å². The average molecular weight is 276 g/mol. The van der Waals surface area contributed by atoms with E-state index in [1.165, 1.54) is 11.0 Å². The van der Waals surface area contributed by atoms with Crippen molar-refractivity contribution in [3.63, 3.8) is 0 Å². The van der Waals surface area contributed by atoms with E-state index >= 15 is 0 Å². The monoisotopic (exact) mass is 276 g/mol. The van der Waals surface area contributed by atoms with Gasteiger partial charge in [0.25, 0.3) is 0 Å². The second-order valence-corrected chi connectivity index (χ2v) is 4.52. The number of nitrogens with zero attached hydrogens (tertiary/aromatic N) is 2. The van der Waals surface area contributed by atoms with Crippen LogP contribution in [0.4, 0.5) is 14.9 Å². The first-order valence-corrected chi connectivity index (χ1v) is 6.21. The molecule has 1 unspecified atom stereocenters. The van der Waals surface area contributed by atoms with Crippen LogP contribution in [0.1, 0.15) is 0 Å². The molecule has 0 saturated carbocycles. The number of carbonyl (C=O) groups is 1. The largest absolute Gasteiger partial charge is 0.441 e. The van der Waals surface area contributed by atoms with Crippen LogP contribution in [-0.4, -0.2) is 35.0 Å². The molecule has 3 rings (SSSR count). The summed E-state index contributed by atoms with van der Waals surface area (Å²) in [5.41, 5.74) is 0.823. The second-order valence-electron chi connectivity index (χ2n) is 4.52. The number of carbonyl (C=O) groups excluding carboxylic acids is 1. The lowest BCUT2D eigenvalue weighted by Crippen LogP contribution is -2.25. The summed E-state index contributed by atoms with van der Waals surface area (Å²) in [5.74, 6) is -0.432. The van der Waals surface area contributed by atoms with Gasteiger partial charge in [-0.1, -0.05) is 0 Å². The second kappa shape index (κ2) is 4.97. The number of benzene rings is 1. The molecule has 1 amide bonds. The summed E-state index contributed by atoms with van der Waals surface area (Å²) in [6.45, 7) is -0.0240. The third-order valence-corrected chi connectivity index (χ3v) is 3.20. The smallest absolute Gasteiger partial charge is 0.414 e. The van der Waals surface area contributed by atoms with E-state index in [-0.39, 0.29) is 13.2 Å². The molecule has 0 bridgehead atoms. The maximum Gasteiger partial charge on any atom is 0.414 e. The van der Waals surface area contributed by atoms with Crippen molar-refractivity contribution in [2.75, 3.05) is 18.1 Å². The fraction of sp³-hybridized carbons (Fsp3) is 0.214. The van der Waals surface area contributed by atoms with Crippen LogP contribution in [0.15, 0.2) is 42.7 Å². The molecule has 1 fully saturated rings. The lowest BCUT2D eigenvalue weighted by atomic mass is 10.2. The zero-order valence-electron chi connectivity index (χ0n) is 10.6. The molecule has 0 spiro atoms. The van der Waals surface area contributed by atoms with Gasteiger partial charge in [-0.3, -0.25) is 4.90 Å². The zero-order chi connectivity index (χ0) is 14.1. The van der Waals surface area contributed by atoms with Gasteiger partial charge in [0.1, 0.15) is 11.9 Å². The maximum atomic E-state index is 14.1. The molecule has 1 aliphatic rings. The number of cyclic esters (lactones) is 1. The topological polar surface area (TPSA) is 54.7 Å². The normalized spacial score (nSPS) is 18.4. The van der Waals surface area contributed by atoms with Crippen molar-refractivity contribution in [1.29, 1.82) is 0 Å². The first-order valence-electron chi connectivity index (χ1n) is 6.21. The van der Waals surface area contributed by atoms with Crippen LogP contribution in [0.2, 0.25) is 0 Å². The summed E-state index contributed by atoms with van der Waals surface area (Å²) in [5, 5.41) is 8.99. The van der Waals surface area contributed by atoms with Gasteiger partial charge in [-0.15, -0.1) is 0 Å². The lowest BCUT2D eigenvalue weighted by molar-refractivity contribution is 0.0963. The number of aliphatic hydroxyl groups excluding tert-OH is 1. The Morgan fingerprint density at radius 2 is 2.10 bits per heavy atom. The van der Waals surface area contributed by atoms with Gasteiger partial charge in [0.05, 0.1) is 24.5 Å². The predicted octanol–water partition coefficient (Wildman–Crippen LogP) is 1.93. The van der Waals surface area contributed by atoms with E-state index in [0.29, 0.717) is 11.4 Å². The highest BCUT2D eigenvalue weighted by Crippen LogP contribution is 2.25. The van der Waals surface area contributed by atoms with E-state index in [2.05, 4.69) is 0 Å². The Hall–Kier alpha value is -2.34. The van der Waals surface area contributed by atoms with E-state index in [0.717, 1.165) is 0 Å². The van der Waals surface area contributed by atoms with Gasteiger partial charge in [0.15, 0.2) is 0 Å². The molecular weight excluding hydrogens is 263 g/mol. The van der Waals surface area contributed by atoms with E-state index in [9.17, 15) is 9.18 Å². The van der Waals surface area contributed by atoms with Crippen molar-refractivity contribution in [2.45, 2.75) is 6.10 Å². The Balaban J connectivity index is 1.89. The van der Waals surface area contributed by atoms with Crippen LogP contribution in [0, 0.1) is 5.82 Å². The van der Waals surface area contributed by atoms with Crippen molar-refractivity contribution in [2.24, 2.45) is 0 Å². The molecule has 2 heterocycles. The quantitative estimate of drug-likeness (QED) is 0.932. The fourth-order valence-corrected chi connectivity index (χ4v) is 2.20. The molecule has 1 aliphatic heterocycles. The fourth-order valence-electron chi connectivity index (χ4n) is 2.20. The van der Waals surface area contributed by atoms with Crippen LogP contribution in [0.5, 0.6) is 0 Å². The van der Waals surface area contributed by atoms with Gasteiger partial charge in [0, 0.05) is 12.4 Å². The van der Waals surface area contributed by atoms with Gasteiger partial charge >= 0.3 is 6.09 Å². The number of aliphatic hydroxyl groups is 1. The Bertz CT molecular complexity index is 627. The number of aromatic nitrogens is 1. The summed E-state index contributed by atoms with van der Waals surface area (Å²) in [6, 6.07) is 8.15. The molecule has 1 atom stereocenters. The minimum atomic E-state index is -0.572. The zero-order valence-corrected chi connectivity index (χ0v) is 10.6. The number of amides is 1. The Kier molecular flexibility index (Phi) is 3.15. The average Bonchev–Trinajstić information content (AvgIpc) is 3.07. The predicted molar refractivity (Wildman–Crippen MR) is 70.4 cm³/mol. The molecular formula is C14H13FN2O3. The van der Waals surface area contributed by atoms with Gasteiger partial charge in [-0.05, 0) is 30.3 Å². The van der Waals surface area contributed by atoms with Gasteiger partial charge in [-0.25, -0.2) is 9.18 Å². The third-order valence-electron chi connectivity index (χ3n) is 3.20. The lowest BCUT2D eigenvalue weighted by Gasteiger charge is -2.14. The molecule has 6 heteroatoms. The number of halogens is 1. The third kappa shape index (κ3) is 2.14. The van der Waals surface area contributed by atoms with Gasteiger partial charge in [-0.2, -0.15) is 0 Å². The first-order chi connectivity index (χ1) is 9.69. The van der Waals surface area contributed by atoms with Crippen molar-refractivity contribution < 1.29 is 19.0 Å². The highest BCUT2D eigenvalue weighted by atomic mass is 19.1. The number of hydrogen-bond donors (Lipinski definition) is 1. The maximum absolute atomic E-state index is 14.1. The molecule has 2 aromatic rings. The van der Waals surface area contributed by atoms with Gasteiger partial charge < -0.3 is 14.4 Å². The summed E-state index contributed by atoms with van der Waals surface area (Å²) < 4.78 is 20.7. The van der Waals surface area contributed by atoms with Crippen LogP contribution in [-0.2, 0) is 4.74 Å². The molecule has 104 valence electrons. The summed E-state index contributed by atoms with van der Waals surface area (Å²) in [7, 11) is 0. The van der Waals surface area contributed by atoms with Crippen molar-refractivity contribution in [3.8, 4) is 5.69 Å². The minimum absolute atomic E-state index is 0.220. The van der Waals surface area contributed by atoms with Crippen LogP contribution >= 0.6 is 0 Å². The molecule has 1 N–H and O–H groups in total. The summed E-state index contributed by atoms with van der Waals surface area (Å²) in [4.78, 5) is 12.9. The standard InChI is InChI=1S/C14H13FN2O3/c15-12-7-10(17-8-11(9-18)20-14(17)19)3-4-13(12)16-5-1-2-6-16/h1-7,11,18H,8-9H2. The van der Waals surface area contributed by atoms with Crippen molar-refractivity contribution in [1.82, 2.24) is 4.57 Å². The van der Waals surface area contributed by atoms with E-state index in [1.807, 2.05) is 0 Å². The molecule has 1 saturated heterocycles. The first kappa shape index (κ1) is 12.7. The SMILES string of the molecule is O=C1OC(CO)CN1c1ccc(-n2cccc2)c(F)c1. The van der Waals surface area contributed by atoms with Crippen molar-refractivity contribution >= 4 is 11.8 Å². The molecule has 1 aromatic heterocycles. The van der Waals surface area contributed by atoms with E-state index in [4.69, 9.17) is 9.84 Å². The number of rotatable bonds is 3. The van der Waals surface area contributed by atoms with Crippen LogP contribution in [0.3, 0.4) is 0 Å². The van der Waals surface area contributed by atoms with E-state index < -0.39 is 18.0 Å². The molecule has 20 heavy (non-hydrogen) atoms. The Labute approximate surface area is 114 Å².